The van der Waals surface area contributed by atoms with Crippen LogP contribution >= 0.6 is 0 Å². The highest BCUT2D eigenvalue weighted by Gasteiger charge is 2.32. The first-order valence-corrected chi connectivity index (χ1v) is 22.9. The number of aryl methyl sites for hydroxylation is 3. The van der Waals surface area contributed by atoms with Crippen LogP contribution in [-0.2, 0) is 48.7 Å². The molecule has 1 aromatic heterocycles. The minimum absolute atomic E-state index is 0.00948. The molecule has 1 aliphatic heterocycles. The highest BCUT2D eigenvalue weighted by atomic mass is 32.2. The fraction of sp³-hybridized carbons (Fsp3) is 0.459. The van der Waals surface area contributed by atoms with Crippen molar-refractivity contribution in [1.29, 1.82) is 0 Å². The van der Waals surface area contributed by atoms with Crippen LogP contribution in [-0.4, -0.2) is 91.7 Å². The smallest absolute Gasteiger partial charge is 0.303 e. The molecule has 0 amide bonds. The number of carboxylic acid groups (broad SMARTS) is 1. The molecule has 56 heavy (non-hydrogen) atoms. The van der Waals surface area contributed by atoms with Gasteiger partial charge in [-0.2, -0.15) is 25.3 Å². The lowest BCUT2D eigenvalue weighted by atomic mass is 10.2. The van der Waals surface area contributed by atoms with Crippen molar-refractivity contribution in [2.24, 2.45) is 7.05 Å². The van der Waals surface area contributed by atoms with Gasteiger partial charge in [-0.05, 0) is 94.5 Å². The first-order chi connectivity index (χ1) is 26.3. The van der Waals surface area contributed by atoms with E-state index in [2.05, 4.69) is 32.7 Å². The van der Waals surface area contributed by atoms with E-state index in [-0.39, 0.29) is 30.8 Å². The van der Waals surface area contributed by atoms with E-state index in [0.29, 0.717) is 56.1 Å². The molecule has 19 heteroatoms. The predicted molar refractivity (Wildman–Crippen MR) is 215 cm³/mol. The maximum Gasteiger partial charge on any atom is 0.303 e. The Balaban J connectivity index is 1.61. The van der Waals surface area contributed by atoms with Crippen molar-refractivity contribution in [3.05, 3.63) is 77.9 Å². The molecule has 0 spiro atoms. The Hall–Kier alpha value is -4.11. The largest absolute Gasteiger partial charge is 0.481 e. The van der Waals surface area contributed by atoms with Crippen LogP contribution in [0.2, 0.25) is 0 Å². The molecule has 1 unspecified atom stereocenters. The average molecular weight is 839 g/mol. The van der Waals surface area contributed by atoms with Crippen molar-refractivity contribution in [1.82, 2.24) is 9.88 Å². The van der Waals surface area contributed by atoms with Crippen LogP contribution in [0.15, 0.2) is 71.4 Å². The second kappa shape index (κ2) is 19.4. The number of carbonyl (C=O) groups is 1. The van der Waals surface area contributed by atoms with Crippen molar-refractivity contribution in [2.45, 2.75) is 75.5 Å². The zero-order valence-electron chi connectivity index (χ0n) is 31.8. The summed E-state index contributed by atoms with van der Waals surface area (Å²) >= 11 is 0. The number of rotatable bonds is 22. The van der Waals surface area contributed by atoms with E-state index in [0.717, 1.165) is 35.3 Å². The van der Waals surface area contributed by atoms with Gasteiger partial charge in [0.2, 0.25) is 0 Å². The molecule has 0 fully saturated rings. The Labute approximate surface area is 329 Å². The number of nitrogens with one attached hydrogen (secondary N) is 1. The van der Waals surface area contributed by atoms with Gasteiger partial charge in [0.05, 0.1) is 40.9 Å². The molecule has 0 saturated carbocycles. The van der Waals surface area contributed by atoms with Gasteiger partial charge in [0.15, 0.2) is 11.0 Å². The third-order valence-corrected chi connectivity index (χ3v) is 12.3. The molecule has 1 aliphatic rings. The quantitative estimate of drug-likeness (QED) is 0.0411. The molecule has 0 bridgehead atoms. The minimum atomic E-state index is -4.55. The van der Waals surface area contributed by atoms with Crippen LogP contribution in [0.1, 0.15) is 63.3 Å². The second-order valence-corrected chi connectivity index (χ2v) is 18.7. The molecule has 2 heterocycles. The van der Waals surface area contributed by atoms with E-state index in [1.165, 1.54) is 25.1 Å². The SMILES string of the molecule is Cc1ccc2c(c1)n(C)c(C=CC=CC=C1N(CCCCCC(=O)O)c3cc(S(=O)(=O)O)ccc3N1CCCS(=O)(=O)O)[n+]2CCCCNCC(C)S(=O)(=O)O. The van der Waals surface area contributed by atoms with Gasteiger partial charge in [-0.15, -0.1) is 0 Å². The number of fused-ring (bicyclic) bond motifs is 2. The standard InChI is InChI=1S/C37H51N5O11S3/c1-28-16-18-31-33(25-28)39(3)35(40(31)22-11-9-20-38-27-29(2)55(48,49)50)13-6-4-7-14-36-41(23-12-24-54(45,46)47)32-19-17-30(56(51,52)53)26-34(32)42(36)21-10-5-8-15-37(43)44/h4,6-7,13-14,16-19,25-26,29,38H,5,8-12,15,20-24,27H2,1-3H3,(H3-,43,44,45,46,47,48,49,50,51,52,53)/p+1. The van der Waals surface area contributed by atoms with E-state index < -0.39 is 47.3 Å². The lowest BCUT2D eigenvalue weighted by Gasteiger charge is -2.25. The maximum atomic E-state index is 12.1. The molecule has 1 atom stereocenters. The first-order valence-electron chi connectivity index (χ1n) is 18.3. The van der Waals surface area contributed by atoms with Gasteiger partial charge in [-0.25, -0.2) is 9.13 Å². The number of allylic oxidation sites excluding steroid dienone is 4. The average Bonchev–Trinajstić information content (AvgIpc) is 3.53. The summed E-state index contributed by atoms with van der Waals surface area (Å²) in [7, 11) is -10.9. The summed E-state index contributed by atoms with van der Waals surface area (Å²) in [6, 6.07) is 10.4. The lowest BCUT2D eigenvalue weighted by Crippen LogP contribution is -2.37. The number of hydrogen-bond donors (Lipinski definition) is 5. The summed E-state index contributed by atoms with van der Waals surface area (Å²) in [6.45, 7) is 5.43. The molecule has 4 rings (SSSR count). The van der Waals surface area contributed by atoms with Gasteiger partial charge in [0.1, 0.15) is 5.82 Å². The normalized spacial score (nSPS) is 15.2. The van der Waals surface area contributed by atoms with Crippen molar-refractivity contribution >= 4 is 64.8 Å². The van der Waals surface area contributed by atoms with E-state index in [1.54, 1.807) is 12.2 Å². The van der Waals surface area contributed by atoms with Crippen LogP contribution in [0.25, 0.3) is 17.1 Å². The van der Waals surface area contributed by atoms with Crippen LogP contribution in [0, 0.1) is 6.92 Å². The molecular weight excluding hydrogens is 787 g/mol. The summed E-state index contributed by atoms with van der Waals surface area (Å²) < 4.78 is 103. The fourth-order valence-electron chi connectivity index (χ4n) is 6.55. The van der Waals surface area contributed by atoms with E-state index in [4.69, 9.17) is 5.11 Å². The van der Waals surface area contributed by atoms with Gasteiger partial charge < -0.3 is 20.2 Å². The Morgan fingerprint density at radius 3 is 2.25 bits per heavy atom. The Kier molecular flexibility index (Phi) is 15.4. The van der Waals surface area contributed by atoms with E-state index in [1.807, 2.05) is 42.0 Å². The molecule has 0 aliphatic carbocycles. The van der Waals surface area contributed by atoms with Gasteiger partial charge in [0.25, 0.3) is 36.2 Å². The molecule has 2 aromatic carbocycles. The van der Waals surface area contributed by atoms with Gasteiger partial charge in [0, 0.05) is 32.1 Å². The Bertz CT molecular complexity index is 2300. The van der Waals surface area contributed by atoms with E-state index >= 15 is 0 Å². The van der Waals surface area contributed by atoms with Crippen molar-refractivity contribution in [3.8, 4) is 0 Å². The van der Waals surface area contributed by atoms with E-state index in [9.17, 15) is 43.7 Å². The number of aromatic nitrogens is 2. The highest BCUT2D eigenvalue weighted by Crippen LogP contribution is 2.43. The molecule has 0 radical (unpaired) electrons. The van der Waals surface area contributed by atoms with Gasteiger partial charge in [-0.1, -0.05) is 30.7 Å². The number of nitrogens with zero attached hydrogens (tertiary/aromatic N) is 4. The monoisotopic (exact) mass is 838 g/mol. The number of anilines is 2. The molecule has 5 N–H and O–H groups in total. The van der Waals surface area contributed by atoms with Crippen LogP contribution in [0.5, 0.6) is 0 Å². The third kappa shape index (κ3) is 12.4. The number of benzene rings is 2. The number of imidazole rings is 1. The fourth-order valence-corrected chi connectivity index (χ4v) is 7.87. The Morgan fingerprint density at radius 2 is 1.57 bits per heavy atom. The van der Waals surface area contributed by atoms with Gasteiger partial charge in [-0.3, -0.25) is 18.5 Å². The molecule has 16 nitrogen and oxygen atoms in total. The summed E-state index contributed by atoms with van der Waals surface area (Å²) in [5.41, 5.74) is 4.24. The topological polar surface area (TPSA) is 228 Å². The maximum absolute atomic E-state index is 12.1. The minimum Gasteiger partial charge on any atom is -0.481 e. The highest BCUT2D eigenvalue weighted by molar-refractivity contribution is 7.86. The number of unbranched alkanes of at least 4 members (excludes halogenated alkanes) is 3. The number of hydrogen-bond acceptors (Lipinski definition) is 10. The third-order valence-electron chi connectivity index (χ3n) is 9.48. The van der Waals surface area contributed by atoms with Crippen LogP contribution < -0.4 is 19.7 Å². The summed E-state index contributed by atoms with van der Waals surface area (Å²) in [5.74, 6) is 0.134. The number of carboxylic acids is 1. The second-order valence-electron chi connectivity index (χ2n) is 13.8. The summed E-state index contributed by atoms with van der Waals surface area (Å²) in [6.07, 6.45) is 12.5. The van der Waals surface area contributed by atoms with Crippen LogP contribution in [0.3, 0.4) is 0 Å². The van der Waals surface area contributed by atoms with Crippen molar-refractivity contribution in [3.63, 3.8) is 0 Å². The number of aliphatic carboxylic acids is 1. The predicted octanol–water partition coefficient (Wildman–Crippen LogP) is 4.33. The van der Waals surface area contributed by atoms with Crippen LogP contribution in [0.4, 0.5) is 11.4 Å². The molecule has 0 saturated heterocycles. The zero-order valence-corrected chi connectivity index (χ0v) is 34.2. The lowest BCUT2D eigenvalue weighted by molar-refractivity contribution is -0.674. The van der Waals surface area contributed by atoms with Gasteiger partial charge >= 0.3 is 5.97 Å². The summed E-state index contributed by atoms with van der Waals surface area (Å²) in [5, 5.41) is 11.3. The zero-order chi connectivity index (χ0) is 41.3. The van der Waals surface area contributed by atoms with Crippen molar-refractivity contribution in [2.75, 3.05) is 41.7 Å². The first kappa shape index (κ1) is 44.6. The van der Waals surface area contributed by atoms with Crippen molar-refractivity contribution < 1.29 is 53.4 Å². The summed E-state index contributed by atoms with van der Waals surface area (Å²) in [4.78, 5) is 14.4. The molecular formula is C37H52N5O11S3+. The molecule has 3 aromatic rings. The Morgan fingerprint density at radius 1 is 0.857 bits per heavy atom. The molecule has 308 valence electrons.